The molecule has 2 atom stereocenters. The van der Waals surface area contributed by atoms with Gasteiger partial charge >= 0.3 is 0 Å². The first-order valence-corrected chi connectivity index (χ1v) is 9.80. The van der Waals surface area contributed by atoms with E-state index in [-0.39, 0.29) is 17.7 Å². The van der Waals surface area contributed by atoms with E-state index >= 15 is 0 Å². The largest absolute Gasteiger partial charge is 0.372 e. The predicted molar refractivity (Wildman–Crippen MR) is 98.5 cm³/mol. The molecule has 26 heavy (non-hydrogen) atoms. The van der Waals surface area contributed by atoms with Gasteiger partial charge in [0.15, 0.2) is 0 Å². The number of amides is 2. The van der Waals surface area contributed by atoms with E-state index in [2.05, 4.69) is 0 Å². The van der Waals surface area contributed by atoms with Crippen molar-refractivity contribution in [3.05, 3.63) is 34.9 Å². The number of hydrogen-bond acceptors (Lipinski definition) is 3. The summed E-state index contributed by atoms with van der Waals surface area (Å²) in [6.07, 6.45) is 2.01. The normalized spacial score (nSPS) is 25.2. The number of likely N-dealkylation sites (tertiary alicyclic amines) is 2. The van der Waals surface area contributed by atoms with Gasteiger partial charge in [-0.1, -0.05) is 19.9 Å². The van der Waals surface area contributed by atoms with Crippen LogP contribution in [0.1, 0.15) is 48.2 Å². The molecule has 0 saturated carbocycles. The smallest absolute Gasteiger partial charge is 0.253 e. The molecule has 5 heteroatoms. The van der Waals surface area contributed by atoms with Crippen molar-refractivity contribution < 1.29 is 14.3 Å². The maximum atomic E-state index is 13.0. The Labute approximate surface area is 155 Å². The first-order chi connectivity index (χ1) is 12.5. The van der Waals surface area contributed by atoms with Gasteiger partial charge < -0.3 is 14.5 Å². The van der Waals surface area contributed by atoms with Crippen LogP contribution in [-0.2, 0) is 22.7 Å². The van der Waals surface area contributed by atoms with Crippen LogP contribution in [0.25, 0.3) is 0 Å². The molecule has 1 aromatic rings. The van der Waals surface area contributed by atoms with Crippen molar-refractivity contribution in [2.45, 2.75) is 39.9 Å². The van der Waals surface area contributed by atoms with Crippen molar-refractivity contribution in [3.8, 4) is 0 Å². The lowest BCUT2D eigenvalue weighted by atomic mass is 9.92. The molecular formula is C21H28N2O3. The molecule has 0 radical (unpaired) electrons. The third-order valence-corrected chi connectivity index (χ3v) is 6.18. The van der Waals surface area contributed by atoms with E-state index < -0.39 is 0 Å². The zero-order chi connectivity index (χ0) is 18.3. The molecule has 140 valence electrons. The van der Waals surface area contributed by atoms with E-state index in [9.17, 15) is 9.59 Å². The summed E-state index contributed by atoms with van der Waals surface area (Å²) in [4.78, 5) is 29.3. The Morgan fingerprint density at radius 1 is 1.00 bits per heavy atom. The monoisotopic (exact) mass is 356 g/mol. The van der Waals surface area contributed by atoms with Crippen molar-refractivity contribution in [1.82, 2.24) is 9.80 Å². The molecule has 2 fully saturated rings. The Kier molecular flexibility index (Phi) is 4.74. The van der Waals surface area contributed by atoms with Crippen LogP contribution in [0.15, 0.2) is 18.2 Å². The average Bonchev–Trinajstić information content (AvgIpc) is 3.22. The zero-order valence-electron chi connectivity index (χ0n) is 15.7. The number of carbonyl (C=O) groups excluding carboxylic acids is 2. The van der Waals surface area contributed by atoms with Crippen molar-refractivity contribution in [1.29, 1.82) is 0 Å². The topological polar surface area (TPSA) is 49.9 Å². The Hall–Kier alpha value is -1.88. The molecule has 3 aliphatic rings. The molecule has 0 unspecified atom stereocenters. The number of ether oxygens (including phenoxy) is 1. The summed E-state index contributed by atoms with van der Waals surface area (Å²) in [5.41, 5.74) is 3.12. The van der Waals surface area contributed by atoms with Crippen molar-refractivity contribution >= 4 is 11.8 Å². The minimum absolute atomic E-state index is 0.0646. The quantitative estimate of drug-likeness (QED) is 0.819. The van der Waals surface area contributed by atoms with Gasteiger partial charge in [0.1, 0.15) is 0 Å². The van der Waals surface area contributed by atoms with Crippen LogP contribution in [0.4, 0.5) is 0 Å². The van der Waals surface area contributed by atoms with Crippen LogP contribution in [0.5, 0.6) is 0 Å². The van der Waals surface area contributed by atoms with Crippen LogP contribution in [0.3, 0.4) is 0 Å². The number of hydrogen-bond donors (Lipinski definition) is 0. The van der Waals surface area contributed by atoms with Gasteiger partial charge in [0.25, 0.3) is 5.91 Å². The van der Waals surface area contributed by atoms with E-state index in [0.29, 0.717) is 25.0 Å². The molecule has 0 aliphatic carbocycles. The molecule has 0 N–H and O–H groups in total. The second-order valence-electron chi connectivity index (χ2n) is 8.26. The lowest BCUT2D eigenvalue weighted by Crippen LogP contribution is -2.36. The van der Waals surface area contributed by atoms with Crippen molar-refractivity contribution in [3.63, 3.8) is 0 Å². The first-order valence-electron chi connectivity index (χ1n) is 9.80. The lowest BCUT2D eigenvalue weighted by molar-refractivity contribution is -0.134. The highest BCUT2D eigenvalue weighted by molar-refractivity contribution is 5.94. The summed E-state index contributed by atoms with van der Waals surface area (Å²) in [6, 6.07) is 5.97. The van der Waals surface area contributed by atoms with E-state index in [1.165, 1.54) is 5.56 Å². The zero-order valence-corrected chi connectivity index (χ0v) is 15.7. The van der Waals surface area contributed by atoms with E-state index in [1.807, 2.05) is 41.8 Å². The summed E-state index contributed by atoms with van der Waals surface area (Å²) in [5.74, 6) is 1.50. The Morgan fingerprint density at radius 2 is 1.65 bits per heavy atom. The second kappa shape index (κ2) is 7.03. The third kappa shape index (κ3) is 3.25. The number of rotatable bonds is 2. The molecule has 4 rings (SSSR count). The lowest BCUT2D eigenvalue weighted by Gasteiger charge is -2.24. The highest BCUT2D eigenvalue weighted by Gasteiger charge is 2.38. The van der Waals surface area contributed by atoms with Crippen LogP contribution < -0.4 is 0 Å². The molecular weight excluding hydrogens is 328 g/mol. The van der Waals surface area contributed by atoms with Crippen molar-refractivity contribution in [2.75, 3.05) is 26.2 Å². The molecule has 3 heterocycles. The van der Waals surface area contributed by atoms with Crippen LogP contribution in [0.2, 0.25) is 0 Å². The third-order valence-electron chi connectivity index (χ3n) is 6.18. The predicted octanol–water partition coefficient (Wildman–Crippen LogP) is 2.68. The highest BCUT2D eigenvalue weighted by Crippen LogP contribution is 2.33. The summed E-state index contributed by atoms with van der Waals surface area (Å²) in [5, 5.41) is 0. The summed E-state index contributed by atoms with van der Waals surface area (Å²) < 4.78 is 5.46. The number of fused-ring (bicyclic) bond motifs is 2. The Balaban J connectivity index is 1.40. The fraction of sp³-hybridized carbons (Fsp3) is 0.619. The molecule has 1 aromatic carbocycles. The van der Waals surface area contributed by atoms with Gasteiger partial charge in [-0.15, -0.1) is 0 Å². The molecule has 2 saturated heterocycles. The van der Waals surface area contributed by atoms with Gasteiger partial charge in [-0.2, -0.15) is 0 Å². The van der Waals surface area contributed by atoms with Crippen molar-refractivity contribution in [2.24, 2.45) is 17.8 Å². The number of nitrogens with zero attached hydrogens (tertiary/aromatic N) is 2. The van der Waals surface area contributed by atoms with Gasteiger partial charge in [0.05, 0.1) is 13.2 Å². The number of carbonyl (C=O) groups is 2. The molecule has 2 amide bonds. The maximum absolute atomic E-state index is 13.0. The fourth-order valence-corrected chi connectivity index (χ4v) is 4.59. The Morgan fingerprint density at radius 3 is 2.31 bits per heavy atom. The minimum Gasteiger partial charge on any atom is -0.372 e. The van der Waals surface area contributed by atoms with Crippen LogP contribution >= 0.6 is 0 Å². The van der Waals surface area contributed by atoms with Gasteiger partial charge in [0, 0.05) is 37.7 Å². The average molecular weight is 356 g/mol. The van der Waals surface area contributed by atoms with E-state index in [0.717, 1.165) is 50.1 Å². The van der Waals surface area contributed by atoms with Gasteiger partial charge in [-0.3, -0.25) is 9.59 Å². The summed E-state index contributed by atoms with van der Waals surface area (Å²) in [7, 11) is 0. The number of benzene rings is 1. The van der Waals surface area contributed by atoms with Crippen LogP contribution in [-0.4, -0.2) is 47.8 Å². The van der Waals surface area contributed by atoms with Gasteiger partial charge in [0.2, 0.25) is 5.91 Å². The standard InChI is InChI=1S/C21H28N2O3/c1-14(2)20(24)22-7-5-16-10-23(11-17(16)6-8-22)21(25)15-3-4-18-12-26-13-19(18)9-15/h3-4,9,14,16-17H,5-8,10-13H2,1-2H3/t16-,17+. The first kappa shape index (κ1) is 17.5. The van der Waals surface area contributed by atoms with Crippen LogP contribution in [0, 0.1) is 17.8 Å². The minimum atomic E-state index is 0.0646. The molecule has 0 aromatic heterocycles. The Bertz CT molecular complexity index is 699. The molecule has 5 nitrogen and oxygen atoms in total. The second-order valence-corrected chi connectivity index (χ2v) is 8.26. The van der Waals surface area contributed by atoms with E-state index in [1.54, 1.807) is 0 Å². The molecule has 0 spiro atoms. The summed E-state index contributed by atoms with van der Waals surface area (Å²) in [6.45, 7) is 8.51. The SMILES string of the molecule is CC(C)C(=O)N1CC[C@@H]2CN(C(=O)c3ccc4c(c3)COC4)C[C@@H]2CC1. The van der Waals surface area contributed by atoms with Gasteiger partial charge in [-0.05, 0) is 47.9 Å². The molecule has 0 bridgehead atoms. The highest BCUT2D eigenvalue weighted by atomic mass is 16.5. The summed E-state index contributed by atoms with van der Waals surface area (Å²) >= 11 is 0. The maximum Gasteiger partial charge on any atom is 0.253 e. The molecule has 3 aliphatic heterocycles. The van der Waals surface area contributed by atoms with E-state index in [4.69, 9.17) is 4.74 Å². The van der Waals surface area contributed by atoms with Gasteiger partial charge in [-0.25, -0.2) is 0 Å². The fourth-order valence-electron chi connectivity index (χ4n) is 4.59.